The SMILES string of the molecule is NNc1cccc(C(=O)NCCCC2CC2)c1[N+](=O)[O-]. The van der Waals surface area contributed by atoms with Crippen molar-refractivity contribution in [2.24, 2.45) is 11.8 Å². The molecule has 0 aromatic heterocycles. The highest BCUT2D eigenvalue weighted by atomic mass is 16.6. The average Bonchev–Trinajstić information content (AvgIpc) is 3.26. The molecule has 1 saturated carbocycles. The summed E-state index contributed by atoms with van der Waals surface area (Å²) in [7, 11) is 0. The minimum absolute atomic E-state index is 0.0249. The Morgan fingerprint density at radius 3 is 2.80 bits per heavy atom. The standard InChI is InChI=1S/C13H18N4O3/c14-16-11-5-1-4-10(12(11)17(19)20)13(18)15-8-2-3-9-6-7-9/h1,4-5,9,16H,2-3,6-8,14H2,(H,15,18). The number of nitro groups is 1. The molecular formula is C13H18N4O3. The van der Waals surface area contributed by atoms with Gasteiger partial charge in [0.2, 0.25) is 0 Å². The minimum atomic E-state index is -0.603. The summed E-state index contributed by atoms with van der Waals surface area (Å²) in [6, 6.07) is 4.44. The first-order valence-electron chi connectivity index (χ1n) is 6.65. The highest BCUT2D eigenvalue weighted by molar-refractivity contribution is 6.00. The van der Waals surface area contributed by atoms with Crippen molar-refractivity contribution in [3.63, 3.8) is 0 Å². The fourth-order valence-corrected chi connectivity index (χ4v) is 2.13. The van der Waals surface area contributed by atoms with E-state index in [0.29, 0.717) is 6.54 Å². The molecule has 1 aliphatic rings. The van der Waals surface area contributed by atoms with Crippen molar-refractivity contribution in [3.05, 3.63) is 33.9 Å². The molecule has 1 fully saturated rings. The Balaban J connectivity index is 2.01. The van der Waals surface area contributed by atoms with Crippen LogP contribution in [-0.2, 0) is 0 Å². The van der Waals surface area contributed by atoms with Crippen LogP contribution < -0.4 is 16.6 Å². The predicted molar refractivity (Wildman–Crippen MR) is 75.2 cm³/mol. The lowest BCUT2D eigenvalue weighted by atomic mass is 10.1. The smallest absolute Gasteiger partial charge is 0.306 e. The lowest BCUT2D eigenvalue weighted by Gasteiger charge is -2.08. The zero-order valence-corrected chi connectivity index (χ0v) is 11.1. The molecule has 7 nitrogen and oxygen atoms in total. The first-order chi connectivity index (χ1) is 9.63. The second-order valence-electron chi connectivity index (χ2n) is 4.94. The van der Waals surface area contributed by atoms with E-state index in [4.69, 9.17) is 5.84 Å². The first kappa shape index (κ1) is 14.3. The Kier molecular flexibility index (Phi) is 4.52. The number of rotatable bonds is 7. The molecule has 0 atom stereocenters. The monoisotopic (exact) mass is 278 g/mol. The second kappa shape index (κ2) is 6.33. The van der Waals surface area contributed by atoms with Gasteiger partial charge in [0.05, 0.1) is 4.92 Å². The predicted octanol–water partition coefficient (Wildman–Crippen LogP) is 1.80. The fraction of sp³-hybridized carbons (Fsp3) is 0.462. The van der Waals surface area contributed by atoms with E-state index in [1.807, 2.05) is 0 Å². The van der Waals surface area contributed by atoms with Crippen LogP contribution >= 0.6 is 0 Å². The van der Waals surface area contributed by atoms with E-state index < -0.39 is 10.8 Å². The summed E-state index contributed by atoms with van der Waals surface area (Å²) in [4.78, 5) is 22.5. The van der Waals surface area contributed by atoms with Crippen LogP contribution in [0.3, 0.4) is 0 Å². The van der Waals surface area contributed by atoms with Crippen LogP contribution in [0.1, 0.15) is 36.0 Å². The van der Waals surface area contributed by atoms with Gasteiger partial charge in [-0.3, -0.25) is 20.8 Å². The van der Waals surface area contributed by atoms with E-state index in [-0.39, 0.29) is 16.9 Å². The molecule has 0 unspecified atom stereocenters. The molecule has 0 bridgehead atoms. The summed E-state index contributed by atoms with van der Waals surface area (Å²) in [5, 5.41) is 13.8. The lowest BCUT2D eigenvalue weighted by Crippen LogP contribution is -2.25. The maximum Gasteiger partial charge on any atom is 0.306 e. The van der Waals surface area contributed by atoms with E-state index in [1.165, 1.54) is 25.0 Å². The van der Waals surface area contributed by atoms with Crippen molar-refractivity contribution >= 4 is 17.3 Å². The number of carbonyl (C=O) groups is 1. The highest BCUT2D eigenvalue weighted by Crippen LogP contribution is 2.33. The van der Waals surface area contributed by atoms with Crippen molar-refractivity contribution < 1.29 is 9.72 Å². The largest absolute Gasteiger partial charge is 0.352 e. The number of nitrogens with two attached hydrogens (primary N) is 1. The average molecular weight is 278 g/mol. The summed E-state index contributed by atoms with van der Waals surface area (Å²) in [5.41, 5.74) is 2.09. The molecule has 0 aliphatic heterocycles. The summed E-state index contributed by atoms with van der Waals surface area (Å²) in [6.45, 7) is 0.534. The molecule has 108 valence electrons. The molecule has 0 heterocycles. The maximum atomic E-state index is 12.0. The van der Waals surface area contributed by atoms with Crippen molar-refractivity contribution in [3.8, 4) is 0 Å². The third-order valence-corrected chi connectivity index (χ3v) is 3.39. The van der Waals surface area contributed by atoms with Crippen LogP contribution in [-0.4, -0.2) is 17.4 Å². The lowest BCUT2D eigenvalue weighted by molar-refractivity contribution is -0.384. The van der Waals surface area contributed by atoms with Crippen LogP contribution in [0.2, 0.25) is 0 Å². The topological polar surface area (TPSA) is 110 Å². The molecule has 1 amide bonds. The van der Waals surface area contributed by atoms with E-state index in [9.17, 15) is 14.9 Å². The van der Waals surface area contributed by atoms with Gasteiger partial charge in [0.25, 0.3) is 5.91 Å². The second-order valence-corrected chi connectivity index (χ2v) is 4.94. The van der Waals surface area contributed by atoms with Crippen LogP contribution in [0.25, 0.3) is 0 Å². The Bertz CT molecular complexity index is 514. The number of carbonyl (C=O) groups excluding carboxylic acids is 1. The van der Waals surface area contributed by atoms with Gasteiger partial charge in [-0.1, -0.05) is 18.9 Å². The Morgan fingerprint density at radius 2 is 2.20 bits per heavy atom. The van der Waals surface area contributed by atoms with Crippen LogP contribution in [0.5, 0.6) is 0 Å². The molecular weight excluding hydrogens is 260 g/mol. The van der Waals surface area contributed by atoms with Crippen molar-refractivity contribution in [2.75, 3.05) is 12.0 Å². The minimum Gasteiger partial charge on any atom is -0.352 e. The molecule has 1 aromatic rings. The molecule has 4 N–H and O–H groups in total. The molecule has 7 heteroatoms. The van der Waals surface area contributed by atoms with Gasteiger partial charge in [-0.25, -0.2) is 0 Å². The number of anilines is 1. The molecule has 0 saturated heterocycles. The summed E-state index contributed by atoms with van der Waals surface area (Å²) in [5.74, 6) is 5.60. The van der Waals surface area contributed by atoms with E-state index >= 15 is 0 Å². The number of amides is 1. The van der Waals surface area contributed by atoms with Crippen LogP contribution in [0.15, 0.2) is 18.2 Å². The summed E-state index contributed by atoms with van der Waals surface area (Å²) >= 11 is 0. The van der Waals surface area contributed by atoms with Crippen LogP contribution in [0, 0.1) is 16.0 Å². The van der Waals surface area contributed by atoms with Gasteiger partial charge in [-0.05, 0) is 30.9 Å². The Labute approximate surface area is 116 Å². The molecule has 0 radical (unpaired) electrons. The van der Waals surface area contributed by atoms with Crippen LogP contribution in [0.4, 0.5) is 11.4 Å². The number of nitrogens with zero attached hydrogens (tertiary/aromatic N) is 1. The summed E-state index contributed by atoms with van der Waals surface area (Å²) in [6.07, 6.45) is 4.57. The fourth-order valence-electron chi connectivity index (χ4n) is 2.13. The van der Waals surface area contributed by atoms with Gasteiger partial charge >= 0.3 is 5.69 Å². The molecule has 20 heavy (non-hydrogen) atoms. The van der Waals surface area contributed by atoms with Crippen molar-refractivity contribution in [2.45, 2.75) is 25.7 Å². The van der Waals surface area contributed by atoms with Gasteiger partial charge < -0.3 is 10.7 Å². The zero-order valence-electron chi connectivity index (χ0n) is 11.1. The number of hydrogen-bond acceptors (Lipinski definition) is 5. The van der Waals surface area contributed by atoms with E-state index in [2.05, 4.69) is 10.7 Å². The van der Waals surface area contributed by atoms with Gasteiger partial charge in [0, 0.05) is 6.54 Å². The molecule has 1 aromatic carbocycles. The highest BCUT2D eigenvalue weighted by Gasteiger charge is 2.24. The van der Waals surface area contributed by atoms with Gasteiger partial charge in [0.1, 0.15) is 11.3 Å². The number of nitrogen functional groups attached to an aromatic ring is 1. The van der Waals surface area contributed by atoms with Gasteiger partial charge in [-0.15, -0.1) is 0 Å². The van der Waals surface area contributed by atoms with Crippen molar-refractivity contribution in [1.29, 1.82) is 0 Å². The quantitative estimate of drug-likeness (QED) is 0.305. The van der Waals surface area contributed by atoms with Crippen molar-refractivity contribution in [1.82, 2.24) is 5.32 Å². The van der Waals surface area contributed by atoms with Gasteiger partial charge in [0.15, 0.2) is 0 Å². The molecule has 1 aliphatic carbocycles. The van der Waals surface area contributed by atoms with Gasteiger partial charge in [-0.2, -0.15) is 0 Å². The molecule has 0 spiro atoms. The number of hydrogen-bond donors (Lipinski definition) is 3. The number of nitro benzene ring substituents is 1. The summed E-state index contributed by atoms with van der Waals surface area (Å²) < 4.78 is 0. The number of nitrogens with one attached hydrogen (secondary N) is 2. The number of para-hydroxylation sites is 1. The van der Waals surface area contributed by atoms with E-state index in [1.54, 1.807) is 6.07 Å². The van der Waals surface area contributed by atoms with E-state index in [0.717, 1.165) is 18.8 Å². The zero-order chi connectivity index (χ0) is 14.5. The Morgan fingerprint density at radius 1 is 1.45 bits per heavy atom. The first-order valence-corrected chi connectivity index (χ1v) is 6.65. The normalized spacial score (nSPS) is 13.8. The third-order valence-electron chi connectivity index (χ3n) is 3.39. The Hall–Kier alpha value is -2.15. The number of hydrazine groups is 1. The maximum absolute atomic E-state index is 12.0. The number of benzene rings is 1. The molecule has 2 rings (SSSR count). The third kappa shape index (κ3) is 3.45.